The van der Waals surface area contributed by atoms with Gasteiger partial charge in [0.15, 0.2) is 0 Å². The van der Waals surface area contributed by atoms with Crippen LogP contribution >= 0.6 is 0 Å². The molecule has 0 radical (unpaired) electrons. The molecular weight excluding hydrogens is 238 g/mol. The first-order valence-corrected chi connectivity index (χ1v) is 4.94. The van der Waals surface area contributed by atoms with Crippen LogP contribution in [-0.2, 0) is 23.9 Å². The molecule has 0 heterocycles. The van der Waals surface area contributed by atoms with Crippen LogP contribution in [0, 0.1) is 0 Å². The lowest BCUT2D eigenvalue weighted by Crippen LogP contribution is -2.11. The van der Waals surface area contributed by atoms with E-state index in [0.29, 0.717) is 5.57 Å². The van der Waals surface area contributed by atoms with Gasteiger partial charge in [-0.15, -0.1) is 0 Å². The second-order valence-corrected chi connectivity index (χ2v) is 2.92. The van der Waals surface area contributed by atoms with Gasteiger partial charge in [0.1, 0.15) is 13.2 Å². The number of carbonyl (C=O) groups excluding carboxylic acids is 3. The predicted octanol–water partition coefficient (Wildman–Crippen LogP) is 0.707. The number of rotatable bonds is 8. The molecule has 0 N–H and O–H groups in total. The molecule has 0 amide bonds. The fourth-order valence-corrected chi connectivity index (χ4v) is 0.817. The van der Waals surface area contributed by atoms with Crippen LogP contribution in [0.5, 0.6) is 0 Å². The molecule has 96 valence electrons. The molecule has 18 heavy (non-hydrogen) atoms. The van der Waals surface area contributed by atoms with Gasteiger partial charge in [-0.25, -0.2) is 19.4 Å². The standard InChI is InChI=1S/C12H13NO5/c1-3-11(15)17-7-10(5-6-13-9-14)8-18-12(16)4-2/h3-5H,1-2,6-8H2. The maximum Gasteiger partial charge on any atom is 0.330 e. The maximum atomic E-state index is 10.9. The van der Waals surface area contributed by atoms with Gasteiger partial charge in [0.2, 0.25) is 6.08 Å². The van der Waals surface area contributed by atoms with Gasteiger partial charge in [-0.2, -0.15) is 0 Å². The molecule has 0 aliphatic heterocycles. The van der Waals surface area contributed by atoms with Gasteiger partial charge < -0.3 is 9.47 Å². The summed E-state index contributed by atoms with van der Waals surface area (Å²) in [7, 11) is 0. The van der Waals surface area contributed by atoms with E-state index >= 15 is 0 Å². The molecule has 0 saturated carbocycles. The van der Waals surface area contributed by atoms with E-state index in [0.717, 1.165) is 12.2 Å². The topological polar surface area (TPSA) is 82.0 Å². The summed E-state index contributed by atoms with van der Waals surface area (Å²) in [4.78, 5) is 34.9. The minimum Gasteiger partial charge on any atom is -0.458 e. The zero-order valence-electron chi connectivity index (χ0n) is 9.76. The van der Waals surface area contributed by atoms with E-state index in [1.54, 1.807) is 0 Å². The van der Waals surface area contributed by atoms with Gasteiger partial charge in [0.05, 0.1) is 6.54 Å². The van der Waals surface area contributed by atoms with Crippen molar-refractivity contribution in [2.45, 2.75) is 0 Å². The van der Waals surface area contributed by atoms with E-state index in [1.165, 1.54) is 12.2 Å². The highest BCUT2D eigenvalue weighted by Gasteiger charge is 2.04. The summed E-state index contributed by atoms with van der Waals surface area (Å²) in [6.07, 6.45) is 4.88. The minimum absolute atomic E-state index is 0.0656. The predicted molar refractivity (Wildman–Crippen MR) is 63.4 cm³/mol. The number of nitrogens with zero attached hydrogens (tertiary/aromatic N) is 1. The number of aliphatic imine (C=N–C) groups is 1. The summed E-state index contributed by atoms with van der Waals surface area (Å²) in [5, 5.41) is 0. The normalized spacial score (nSPS) is 8.44. The number of ether oxygens (including phenoxy) is 2. The van der Waals surface area contributed by atoms with E-state index in [1.807, 2.05) is 0 Å². The van der Waals surface area contributed by atoms with Crippen molar-refractivity contribution in [2.24, 2.45) is 4.99 Å². The third-order valence-electron chi connectivity index (χ3n) is 1.67. The zero-order chi connectivity index (χ0) is 13.8. The van der Waals surface area contributed by atoms with Crippen molar-refractivity contribution >= 4 is 18.0 Å². The number of hydrogen-bond donors (Lipinski definition) is 0. The molecule has 0 aliphatic carbocycles. The van der Waals surface area contributed by atoms with Crippen LogP contribution in [0.1, 0.15) is 0 Å². The first-order valence-electron chi connectivity index (χ1n) is 4.94. The number of esters is 2. The number of carbonyl (C=O) groups is 2. The minimum atomic E-state index is -0.602. The Morgan fingerprint density at radius 1 is 1.11 bits per heavy atom. The van der Waals surface area contributed by atoms with Crippen LogP contribution in [0.3, 0.4) is 0 Å². The van der Waals surface area contributed by atoms with Gasteiger partial charge in [-0.3, -0.25) is 0 Å². The molecule has 0 aromatic heterocycles. The summed E-state index contributed by atoms with van der Waals surface area (Å²) in [6.45, 7) is 6.38. The van der Waals surface area contributed by atoms with Crippen LogP contribution in [0.25, 0.3) is 0 Å². The Balaban J connectivity index is 4.40. The van der Waals surface area contributed by atoms with Crippen LogP contribution in [0.4, 0.5) is 0 Å². The lowest BCUT2D eigenvalue weighted by Gasteiger charge is -2.07. The number of isocyanates is 1. The van der Waals surface area contributed by atoms with Crippen LogP contribution in [-0.4, -0.2) is 37.8 Å². The van der Waals surface area contributed by atoms with Crippen LogP contribution in [0.15, 0.2) is 42.0 Å². The van der Waals surface area contributed by atoms with Gasteiger partial charge in [-0.05, 0) is 0 Å². The summed E-state index contributed by atoms with van der Waals surface area (Å²) < 4.78 is 9.53. The Labute approximate surface area is 104 Å². The molecule has 0 spiro atoms. The first kappa shape index (κ1) is 15.5. The van der Waals surface area contributed by atoms with Gasteiger partial charge >= 0.3 is 11.9 Å². The Bertz CT molecular complexity index is 379. The molecule has 0 aromatic carbocycles. The fraction of sp³-hybridized carbons (Fsp3) is 0.250. The summed E-state index contributed by atoms with van der Waals surface area (Å²) >= 11 is 0. The van der Waals surface area contributed by atoms with E-state index in [2.05, 4.69) is 18.2 Å². The quantitative estimate of drug-likeness (QED) is 0.208. The third-order valence-corrected chi connectivity index (χ3v) is 1.67. The molecule has 0 rings (SSSR count). The molecule has 0 aromatic rings. The van der Waals surface area contributed by atoms with Crippen LogP contribution in [0.2, 0.25) is 0 Å². The van der Waals surface area contributed by atoms with Gasteiger partial charge in [0, 0.05) is 17.7 Å². The van der Waals surface area contributed by atoms with Crippen molar-refractivity contribution in [1.29, 1.82) is 0 Å². The van der Waals surface area contributed by atoms with Gasteiger partial charge in [0.25, 0.3) is 0 Å². The molecule has 6 nitrogen and oxygen atoms in total. The Kier molecular flexibility index (Phi) is 8.41. The average Bonchev–Trinajstić information content (AvgIpc) is 2.40. The Hall–Kier alpha value is -2.46. The monoisotopic (exact) mass is 251 g/mol. The molecule has 0 fully saturated rings. The molecular formula is C12H13NO5. The molecule has 0 aliphatic rings. The SMILES string of the molecule is C=CC(=O)OCC(=CCN=C=O)COC(=O)C=C. The summed E-state index contributed by atoms with van der Waals surface area (Å²) in [5.74, 6) is -1.20. The molecule has 0 unspecified atom stereocenters. The highest BCUT2D eigenvalue weighted by atomic mass is 16.5. The Morgan fingerprint density at radius 2 is 1.61 bits per heavy atom. The van der Waals surface area contributed by atoms with Crippen molar-refractivity contribution in [2.75, 3.05) is 19.8 Å². The number of hydrogen-bond acceptors (Lipinski definition) is 6. The second kappa shape index (κ2) is 9.74. The van der Waals surface area contributed by atoms with Crippen molar-refractivity contribution in [3.63, 3.8) is 0 Å². The van der Waals surface area contributed by atoms with E-state index in [4.69, 9.17) is 9.47 Å². The molecule has 0 saturated heterocycles. The molecule has 6 heteroatoms. The van der Waals surface area contributed by atoms with Crippen molar-refractivity contribution < 1.29 is 23.9 Å². The zero-order valence-corrected chi connectivity index (χ0v) is 9.76. The maximum absolute atomic E-state index is 10.9. The second-order valence-electron chi connectivity index (χ2n) is 2.92. The molecule has 0 bridgehead atoms. The van der Waals surface area contributed by atoms with E-state index in [-0.39, 0.29) is 19.8 Å². The Morgan fingerprint density at radius 3 is 2.00 bits per heavy atom. The lowest BCUT2D eigenvalue weighted by molar-refractivity contribution is -0.138. The third kappa shape index (κ3) is 7.78. The van der Waals surface area contributed by atoms with Crippen molar-refractivity contribution in [3.8, 4) is 0 Å². The van der Waals surface area contributed by atoms with Crippen LogP contribution < -0.4 is 0 Å². The van der Waals surface area contributed by atoms with Crippen molar-refractivity contribution in [1.82, 2.24) is 0 Å². The van der Waals surface area contributed by atoms with E-state index in [9.17, 15) is 14.4 Å². The molecule has 0 atom stereocenters. The highest BCUT2D eigenvalue weighted by molar-refractivity contribution is 5.81. The summed E-state index contributed by atoms with van der Waals surface area (Å²) in [5.41, 5.74) is 0.486. The smallest absolute Gasteiger partial charge is 0.330 e. The highest BCUT2D eigenvalue weighted by Crippen LogP contribution is 1.99. The lowest BCUT2D eigenvalue weighted by atomic mass is 10.3. The largest absolute Gasteiger partial charge is 0.458 e. The summed E-state index contributed by atoms with van der Waals surface area (Å²) in [6, 6.07) is 0. The van der Waals surface area contributed by atoms with E-state index < -0.39 is 11.9 Å². The first-order chi connectivity index (χ1) is 8.63. The van der Waals surface area contributed by atoms with Gasteiger partial charge in [-0.1, -0.05) is 19.2 Å². The van der Waals surface area contributed by atoms with Crippen molar-refractivity contribution in [3.05, 3.63) is 37.0 Å². The fourth-order valence-electron chi connectivity index (χ4n) is 0.817. The average molecular weight is 251 g/mol.